The molecule has 1 spiro atoms. The Bertz CT molecular complexity index is 973. The second-order valence-corrected chi connectivity index (χ2v) is 8.68. The highest BCUT2D eigenvalue weighted by molar-refractivity contribution is 6.30. The van der Waals surface area contributed by atoms with Crippen LogP contribution < -0.4 is 11.1 Å². The number of nitrogens with two attached hydrogens (primary N) is 1. The van der Waals surface area contributed by atoms with Gasteiger partial charge in [-0.05, 0) is 43.2 Å². The van der Waals surface area contributed by atoms with E-state index in [0.717, 1.165) is 18.4 Å². The summed E-state index contributed by atoms with van der Waals surface area (Å²) in [7, 11) is 0. The van der Waals surface area contributed by atoms with Crippen molar-refractivity contribution in [2.24, 2.45) is 11.1 Å². The first-order valence-electron chi connectivity index (χ1n) is 9.65. The number of benzene rings is 1. The molecule has 2 aliphatic carbocycles. The van der Waals surface area contributed by atoms with Crippen molar-refractivity contribution in [1.29, 1.82) is 0 Å². The van der Waals surface area contributed by atoms with Crippen molar-refractivity contribution in [2.75, 3.05) is 6.54 Å². The fourth-order valence-electron chi connectivity index (χ4n) is 4.53. The third-order valence-corrected chi connectivity index (χ3v) is 6.49. The van der Waals surface area contributed by atoms with E-state index in [-0.39, 0.29) is 12.1 Å². The van der Waals surface area contributed by atoms with Gasteiger partial charge in [0.25, 0.3) is 5.91 Å². The predicted molar refractivity (Wildman–Crippen MR) is 105 cm³/mol. The summed E-state index contributed by atoms with van der Waals surface area (Å²) >= 11 is 6.10. The molecule has 0 bridgehead atoms. The molecular formula is C20H22ClN5O2. The van der Waals surface area contributed by atoms with Crippen molar-refractivity contribution in [3.05, 3.63) is 40.5 Å². The van der Waals surface area contributed by atoms with E-state index in [1.165, 1.54) is 12.8 Å². The van der Waals surface area contributed by atoms with Crippen molar-refractivity contribution in [2.45, 2.75) is 44.8 Å². The molecule has 3 aliphatic rings. The number of carbonyl (C=O) groups is 2. The molecule has 5 rings (SSSR count). The lowest BCUT2D eigenvalue weighted by molar-refractivity contribution is 0.0996. The van der Waals surface area contributed by atoms with Gasteiger partial charge in [0.2, 0.25) is 0 Å². The number of primary amides is 1. The quantitative estimate of drug-likeness (QED) is 0.830. The molecule has 0 saturated heterocycles. The van der Waals surface area contributed by atoms with Gasteiger partial charge in [-0.25, -0.2) is 4.79 Å². The zero-order valence-corrected chi connectivity index (χ0v) is 16.2. The lowest BCUT2D eigenvalue weighted by Gasteiger charge is -2.38. The molecular weight excluding hydrogens is 378 g/mol. The standard InChI is InChI=1S/C20H22ClN5O2/c21-13-3-1-2-12(8-13)17-16(18(22)27)15-11-25(6-7-26(15)24-17)19(28)23-14-9-20(10-14)4-5-20/h1-3,8,14H,4-7,9-11H2,(H2,22,27)(H,23,28). The van der Waals surface area contributed by atoms with Gasteiger partial charge in [-0.15, -0.1) is 0 Å². The number of amides is 3. The molecule has 1 aromatic heterocycles. The SMILES string of the molecule is NC(=O)c1c(-c2cccc(Cl)c2)nn2c1CN(C(=O)NC1CC3(CC3)C1)CC2. The van der Waals surface area contributed by atoms with Crippen LogP contribution in [0.1, 0.15) is 41.7 Å². The van der Waals surface area contributed by atoms with Crippen LogP contribution in [-0.4, -0.2) is 39.2 Å². The minimum atomic E-state index is -0.548. The monoisotopic (exact) mass is 399 g/mol. The molecule has 28 heavy (non-hydrogen) atoms. The van der Waals surface area contributed by atoms with Gasteiger partial charge in [-0.2, -0.15) is 5.10 Å². The van der Waals surface area contributed by atoms with Crippen LogP contribution in [-0.2, 0) is 13.1 Å². The maximum Gasteiger partial charge on any atom is 0.318 e. The van der Waals surface area contributed by atoms with Crippen LogP contribution in [0.25, 0.3) is 11.3 Å². The van der Waals surface area contributed by atoms with E-state index in [1.807, 2.05) is 12.1 Å². The number of fused-ring (bicyclic) bond motifs is 1. The summed E-state index contributed by atoms with van der Waals surface area (Å²) in [6.45, 7) is 1.39. The zero-order valence-electron chi connectivity index (χ0n) is 15.4. The fourth-order valence-corrected chi connectivity index (χ4v) is 4.72. The predicted octanol–water partition coefficient (Wildman–Crippen LogP) is 2.77. The van der Waals surface area contributed by atoms with Crippen LogP contribution in [0.4, 0.5) is 4.79 Å². The number of carbonyl (C=O) groups excluding carboxylic acids is 2. The summed E-state index contributed by atoms with van der Waals surface area (Å²) in [4.78, 5) is 26.7. The van der Waals surface area contributed by atoms with Crippen LogP contribution in [0.5, 0.6) is 0 Å². The van der Waals surface area contributed by atoms with Gasteiger partial charge in [-0.3, -0.25) is 9.48 Å². The molecule has 0 atom stereocenters. The van der Waals surface area contributed by atoms with Gasteiger partial charge >= 0.3 is 6.03 Å². The molecule has 1 aromatic carbocycles. The van der Waals surface area contributed by atoms with Gasteiger partial charge in [0.15, 0.2) is 0 Å². The van der Waals surface area contributed by atoms with Gasteiger partial charge in [0, 0.05) is 23.2 Å². The third kappa shape index (κ3) is 2.94. The van der Waals surface area contributed by atoms with Crippen LogP contribution in [0.2, 0.25) is 5.02 Å². The number of aromatic nitrogens is 2. The molecule has 2 fully saturated rings. The highest BCUT2D eigenvalue weighted by Gasteiger charge is 2.53. The molecule has 2 heterocycles. The van der Waals surface area contributed by atoms with E-state index in [9.17, 15) is 9.59 Å². The summed E-state index contributed by atoms with van der Waals surface area (Å²) in [5.74, 6) is -0.548. The van der Waals surface area contributed by atoms with Gasteiger partial charge in [0.1, 0.15) is 5.69 Å². The summed E-state index contributed by atoms with van der Waals surface area (Å²) in [6, 6.07) is 7.39. The summed E-state index contributed by atoms with van der Waals surface area (Å²) in [5.41, 5.74) is 8.52. The fraction of sp³-hybridized carbons (Fsp3) is 0.450. The summed E-state index contributed by atoms with van der Waals surface area (Å²) < 4.78 is 1.78. The largest absolute Gasteiger partial charge is 0.365 e. The lowest BCUT2D eigenvalue weighted by atomic mass is 9.77. The number of hydrogen-bond donors (Lipinski definition) is 2. The van der Waals surface area contributed by atoms with Crippen LogP contribution >= 0.6 is 11.6 Å². The van der Waals surface area contributed by atoms with Gasteiger partial charge in [0.05, 0.1) is 24.3 Å². The number of nitrogens with one attached hydrogen (secondary N) is 1. The average Bonchev–Trinajstić information content (AvgIpc) is 3.33. The van der Waals surface area contributed by atoms with Crippen molar-refractivity contribution in [3.63, 3.8) is 0 Å². The van der Waals surface area contributed by atoms with E-state index in [0.29, 0.717) is 47.0 Å². The molecule has 8 heteroatoms. The Morgan fingerprint density at radius 3 is 2.71 bits per heavy atom. The first-order chi connectivity index (χ1) is 13.4. The Morgan fingerprint density at radius 2 is 2.04 bits per heavy atom. The van der Waals surface area contributed by atoms with Gasteiger partial charge < -0.3 is 16.0 Å². The summed E-state index contributed by atoms with van der Waals surface area (Å²) in [5, 5.41) is 8.29. The van der Waals surface area contributed by atoms with Gasteiger partial charge in [-0.1, -0.05) is 23.7 Å². The minimum absolute atomic E-state index is 0.0762. The highest BCUT2D eigenvalue weighted by Crippen LogP contribution is 2.60. The molecule has 3 amide bonds. The van der Waals surface area contributed by atoms with E-state index >= 15 is 0 Å². The third-order valence-electron chi connectivity index (χ3n) is 6.26. The smallest absolute Gasteiger partial charge is 0.318 e. The normalized spacial score (nSPS) is 19.8. The molecule has 2 saturated carbocycles. The lowest BCUT2D eigenvalue weighted by Crippen LogP contribution is -2.52. The van der Waals surface area contributed by atoms with Crippen molar-refractivity contribution < 1.29 is 9.59 Å². The Labute approximate surface area is 167 Å². The Morgan fingerprint density at radius 1 is 1.25 bits per heavy atom. The minimum Gasteiger partial charge on any atom is -0.365 e. The Hall–Kier alpha value is -2.54. The van der Waals surface area contributed by atoms with Crippen LogP contribution in [0.15, 0.2) is 24.3 Å². The summed E-state index contributed by atoms with van der Waals surface area (Å²) in [6.07, 6.45) is 4.79. The average molecular weight is 400 g/mol. The molecule has 146 valence electrons. The first-order valence-corrected chi connectivity index (χ1v) is 10.0. The molecule has 3 N–H and O–H groups in total. The molecule has 7 nitrogen and oxygen atoms in total. The first kappa shape index (κ1) is 17.6. The van der Waals surface area contributed by atoms with E-state index in [1.54, 1.807) is 21.7 Å². The van der Waals surface area contributed by atoms with Crippen molar-refractivity contribution in [3.8, 4) is 11.3 Å². The van der Waals surface area contributed by atoms with Crippen molar-refractivity contribution in [1.82, 2.24) is 20.0 Å². The second-order valence-electron chi connectivity index (χ2n) is 8.24. The van der Waals surface area contributed by atoms with Crippen LogP contribution in [0.3, 0.4) is 0 Å². The number of hydrogen-bond acceptors (Lipinski definition) is 3. The van der Waals surface area contributed by atoms with Crippen LogP contribution in [0, 0.1) is 5.41 Å². The Balaban J connectivity index is 1.38. The topological polar surface area (TPSA) is 93.2 Å². The highest BCUT2D eigenvalue weighted by atomic mass is 35.5. The zero-order chi connectivity index (χ0) is 19.5. The number of urea groups is 1. The van der Waals surface area contributed by atoms with E-state index in [2.05, 4.69) is 10.4 Å². The molecule has 1 aliphatic heterocycles. The number of halogens is 1. The maximum absolute atomic E-state index is 12.7. The number of rotatable bonds is 3. The van der Waals surface area contributed by atoms with E-state index in [4.69, 9.17) is 17.3 Å². The second kappa shape index (κ2) is 6.24. The number of nitrogens with zero attached hydrogens (tertiary/aromatic N) is 3. The maximum atomic E-state index is 12.7. The molecule has 0 radical (unpaired) electrons. The molecule has 0 unspecified atom stereocenters. The van der Waals surface area contributed by atoms with Crippen molar-refractivity contribution >= 4 is 23.5 Å². The van der Waals surface area contributed by atoms with E-state index < -0.39 is 5.91 Å². The molecule has 2 aromatic rings. The Kier molecular flexibility index (Phi) is 3.91.